The Morgan fingerprint density at radius 1 is 0.852 bits per heavy atom. The predicted molar refractivity (Wildman–Crippen MR) is 119 cm³/mol. The third-order valence-electron chi connectivity index (χ3n) is 4.60. The molecule has 0 heterocycles. The Balaban J connectivity index is 1.80. The summed E-state index contributed by atoms with van der Waals surface area (Å²) < 4.78 is 1.34. The van der Waals surface area contributed by atoms with Crippen LogP contribution >= 0.6 is 0 Å². The summed E-state index contributed by atoms with van der Waals surface area (Å²) in [5.41, 5.74) is 7.48. The number of nitrogens with one attached hydrogen (secondary N) is 1. The van der Waals surface area contributed by atoms with Gasteiger partial charge in [-0.3, -0.25) is 0 Å². The summed E-state index contributed by atoms with van der Waals surface area (Å²) in [5, 5.41) is 3.61. The minimum atomic E-state index is -0.267. The summed E-state index contributed by atoms with van der Waals surface area (Å²) in [7, 11) is 0. The van der Waals surface area contributed by atoms with Crippen LogP contribution in [-0.2, 0) is 13.0 Å². The van der Waals surface area contributed by atoms with E-state index in [1.54, 1.807) is 0 Å². The van der Waals surface area contributed by atoms with E-state index in [0.29, 0.717) is 0 Å². The summed E-state index contributed by atoms with van der Waals surface area (Å²) in [5.74, 6) is 0. The van der Waals surface area contributed by atoms with Crippen molar-refractivity contribution in [2.24, 2.45) is 4.99 Å². The van der Waals surface area contributed by atoms with E-state index in [1.165, 1.54) is 31.7 Å². The number of benzene rings is 3. The van der Waals surface area contributed by atoms with Gasteiger partial charge in [0.1, 0.15) is 0 Å². The van der Waals surface area contributed by atoms with Gasteiger partial charge in [0.15, 0.2) is 0 Å². The number of rotatable bonds is 7. The molecule has 0 spiro atoms. The molecule has 3 rings (SSSR count). The molecular formula is C24H26N2Te. The standard InChI is InChI=1S/C24H26N2Te/c1-18-10-9-11-19(2)24(18)26-23(27-3)16-21-14-7-8-15-22(21)25-17-20-12-5-4-6-13-20/h4-15,25H,16-17H2,1-3H3. The van der Waals surface area contributed by atoms with Crippen LogP contribution < -0.4 is 5.32 Å². The number of aryl methyl sites for hydroxylation is 2. The quantitative estimate of drug-likeness (QED) is 0.336. The van der Waals surface area contributed by atoms with Crippen molar-refractivity contribution in [3.05, 3.63) is 95.1 Å². The molecule has 0 saturated heterocycles. The molecule has 0 amide bonds. The molecule has 3 heteroatoms. The Morgan fingerprint density at radius 3 is 2.22 bits per heavy atom. The van der Waals surface area contributed by atoms with Crippen LogP contribution in [0, 0.1) is 13.8 Å². The average Bonchev–Trinajstić information content (AvgIpc) is 2.70. The second-order valence-corrected chi connectivity index (χ2v) is 9.13. The fourth-order valence-electron chi connectivity index (χ4n) is 3.07. The van der Waals surface area contributed by atoms with Crippen molar-refractivity contribution in [2.45, 2.75) is 31.8 Å². The summed E-state index contributed by atoms with van der Waals surface area (Å²) >= 11 is -0.267. The van der Waals surface area contributed by atoms with Gasteiger partial charge in [-0.1, -0.05) is 0 Å². The average molecular weight is 470 g/mol. The second kappa shape index (κ2) is 9.74. The SMILES string of the molecule is C[Te]C(Cc1ccccc1NCc1ccccc1)=Nc1c(C)cccc1C. The van der Waals surface area contributed by atoms with Gasteiger partial charge in [0.2, 0.25) is 0 Å². The predicted octanol–water partition coefficient (Wildman–Crippen LogP) is 5.94. The van der Waals surface area contributed by atoms with Gasteiger partial charge < -0.3 is 0 Å². The number of para-hydroxylation sites is 2. The van der Waals surface area contributed by atoms with Crippen molar-refractivity contribution in [1.82, 2.24) is 0 Å². The number of aliphatic imine (C=N–C) groups is 1. The molecule has 0 bridgehead atoms. The molecule has 3 aromatic rings. The zero-order valence-electron chi connectivity index (χ0n) is 16.2. The molecule has 0 aliphatic heterocycles. The van der Waals surface area contributed by atoms with Gasteiger partial charge in [-0.25, -0.2) is 0 Å². The van der Waals surface area contributed by atoms with Gasteiger partial charge in [-0.2, -0.15) is 0 Å². The summed E-state index contributed by atoms with van der Waals surface area (Å²) in [6.45, 7) is 5.13. The maximum atomic E-state index is 5.08. The molecule has 0 aliphatic carbocycles. The normalized spacial score (nSPS) is 11.4. The molecule has 0 saturated carbocycles. The van der Waals surface area contributed by atoms with Crippen LogP contribution in [0.2, 0.25) is 4.97 Å². The Morgan fingerprint density at radius 2 is 1.52 bits per heavy atom. The third-order valence-corrected chi connectivity index (χ3v) is 6.61. The summed E-state index contributed by atoms with van der Waals surface area (Å²) in [6, 6.07) is 25.5. The fourth-order valence-corrected chi connectivity index (χ4v) is 4.44. The number of anilines is 1. The summed E-state index contributed by atoms with van der Waals surface area (Å²) in [6.07, 6.45) is 0.921. The molecule has 138 valence electrons. The van der Waals surface area contributed by atoms with Gasteiger partial charge in [0.25, 0.3) is 0 Å². The fraction of sp³-hybridized carbons (Fsp3) is 0.208. The van der Waals surface area contributed by atoms with Gasteiger partial charge in [0.05, 0.1) is 0 Å². The van der Waals surface area contributed by atoms with E-state index in [0.717, 1.165) is 18.7 Å². The van der Waals surface area contributed by atoms with Gasteiger partial charge in [-0.15, -0.1) is 0 Å². The molecule has 1 N–H and O–H groups in total. The van der Waals surface area contributed by atoms with E-state index in [9.17, 15) is 0 Å². The Kier molecular flexibility index (Phi) is 7.10. The van der Waals surface area contributed by atoms with Crippen LogP contribution in [0.5, 0.6) is 0 Å². The third kappa shape index (κ3) is 5.45. The first kappa shape index (κ1) is 19.7. The van der Waals surface area contributed by atoms with Gasteiger partial charge in [-0.05, 0) is 0 Å². The van der Waals surface area contributed by atoms with Crippen LogP contribution in [0.15, 0.2) is 77.8 Å². The van der Waals surface area contributed by atoms with Crippen molar-refractivity contribution in [1.29, 1.82) is 0 Å². The number of hydrogen-bond donors (Lipinski definition) is 1. The van der Waals surface area contributed by atoms with E-state index in [4.69, 9.17) is 4.99 Å². The molecule has 0 aliphatic rings. The molecule has 2 nitrogen and oxygen atoms in total. The maximum absolute atomic E-state index is 5.08. The second-order valence-electron chi connectivity index (χ2n) is 6.62. The van der Waals surface area contributed by atoms with Crippen molar-refractivity contribution in [3.8, 4) is 0 Å². The Bertz CT molecular complexity index is 896. The van der Waals surface area contributed by atoms with Crippen molar-refractivity contribution < 1.29 is 0 Å². The van der Waals surface area contributed by atoms with Crippen LogP contribution in [0.25, 0.3) is 0 Å². The molecule has 0 unspecified atom stereocenters. The number of hydrogen-bond acceptors (Lipinski definition) is 2. The molecular weight excluding hydrogens is 444 g/mol. The molecule has 0 atom stereocenters. The van der Waals surface area contributed by atoms with Crippen LogP contribution in [0.1, 0.15) is 22.3 Å². The van der Waals surface area contributed by atoms with Gasteiger partial charge in [0, 0.05) is 0 Å². The molecule has 0 fully saturated rings. The molecule has 0 aromatic heterocycles. The first-order chi connectivity index (χ1) is 13.2. The minimum absolute atomic E-state index is 0.267. The molecule has 27 heavy (non-hydrogen) atoms. The van der Waals surface area contributed by atoms with E-state index in [2.05, 4.69) is 96.9 Å². The van der Waals surface area contributed by atoms with E-state index in [1.807, 2.05) is 0 Å². The first-order valence-corrected chi connectivity index (χ1v) is 12.7. The Hall–Kier alpha value is -2.08. The van der Waals surface area contributed by atoms with Gasteiger partial charge >= 0.3 is 173 Å². The summed E-state index contributed by atoms with van der Waals surface area (Å²) in [4.78, 5) is 7.39. The Labute approximate surface area is 172 Å². The first-order valence-electron chi connectivity index (χ1n) is 9.21. The molecule has 0 radical (unpaired) electrons. The van der Waals surface area contributed by atoms with Crippen molar-refractivity contribution in [2.75, 3.05) is 5.32 Å². The topological polar surface area (TPSA) is 24.4 Å². The van der Waals surface area contributed by atoms with E-state index in [-0.39, 0.29) is 20.9 Å². The monoisotopic (exact) mass is 472 g/mol. The van der Waals surface area contributed by atoms with Crippen molar-refractivity contribution >= 4 is 36.1 Å². The van der Waals surface area contributed by atoms with Crippen LogP contribution in [-0.4, -0.2) is 24.7 Å². The van der Waals surface area contributed by atoms with E-state index < -0.39 is 0 Å². The van der Waals surface area contributed by atoms with Crippen molar-refractivity contribution in [3.63, 3.8) is 0 Å². The zero-order valence-corrected chi connectivity index (χ0v) is 18.5. The number of nitrogens with zero attached hydrogens (tertiary/aromatic N) is 1. The van der Waals surface area contributed by atoms with Crippen LogP contribution in [0.4, 0.5) is 11.4 Å². The van der Waals surface area contributed by atoms with E-state index >= 15 is 0 Å². The zero-order chi connectivity index (χ0) is 19.1. The molecule has 3 aromatic carbocycles. The van der Waals surface area contributed by atoms with Crippen LogP contribution in [0.3, 0.4) is 0 Å².